The van der Waals surface area contributed by atoms with E-state index in [0.29, 0.717) is 31.1 Å². The van der Waals surface area contributed by atoms with Gasteiger partial charge in [0.25, 0.3) is 0 Å². The molecule has 1 aliphatic heterocycles. The quantitative estimate of drug-likeness (QED) is 0.859. The first-order chi connectivity index (χ1) is 12.2. The van der Waals surface area contributed by atoms with Gasteiger partial charge in [-0.3, -0.25) is 4.79 Å². The number of nitrogens with one attached hydrogen (secondary N) is 1. The van der Waals surface area contributed by atoms with E-state index in [0.717, 1.165) is 18.4 Å². The van der Waals surface area contributed by atoms with Crippen LogP contribution >= 0.6 is 11.3 Å². The predicted molar refractivity (Wildman–Crippen MR) is 97.4 cm³/mol. The van der Waals surface area contributed by atoms with E-state index in [4.69, 9.17) is 14.2 Å². The second kappa shape index (κ2) is 7.89. The summed E-state index contributed by atoms with van der Waals surface area (Å²) in [6.45, 7) is 1.32. The summed E-state index contributed by atoms with van der Waals surface area (Å²) in [5, 5.41) is 5.32. The van der Waals surface area contributed by atoms with Gasteiger partial charge in [-0.2, -0.15) is 0 Å². The lowest BCUT2D eigenvalue weighted by molar-refractivity contribution is -0.123. The molecule has 3 rings (SSSR count). The van der Waals surface area contributed by atoms with Crippen molar-refractivity contribution in [3.63, 3.8) is 0 Å². The summed E-state index contributed by atoms with van der Waals surface area (Å²) < 4.78 is 16.1. The van der Waals surface area contributed by atoms with E-state index in [-0.39, 0.29) is 11.4 Å². The molecule has 2 aromatic rings. The van der Waals surface area contributed by atoms with Crippen LogP contribution < -0.4 is 14.8 Å². The third kappa shape index (κ3) is 3.96. The van der Waals surface area contributed by atoms with Crippen molar-refractivity contribution in [2.45, 2.75) is 24.8 Å². The highest BCUT2D eigenvalue weighted by atomic mass is 32.1. The summed E-state index contributed by atoms with van der Waals surface area (Å²) in [7, 11) is 3.19. The Morgan fingerprint density at radius 3 is 2.60 bits per heavy atom. The molecule has 1 fully saturated rings. The number of hydrogen-bond acceptors (Lipinski definition) is 5. The highest BCUT2D eigenvalue weighted by molar-refractivity contribution is 7.10. The van der Waals surface area contributed by atoms with Crippen molar-refractivity contribution < 1.29 is 19.0 Å². The van der Waals surface area contributed by atoms with Gasteiger partial charge < -0.3 is 19.5 Å². The van der Waals surface area contributed by atoms with Crippen LogP contribution in [0.3, 0.4) is 0 Å². The summed E-state index contributed by atoms with van der Waals surface area (Å²) in [5.41, 5.74) is 0.573. The summed E-state index contributed by atoms with van der Waals surface area (Å²) in [5.74, 6) is 1.29. The van der Waals surface area contributed by atoms with Crippen LogP contribution in [0, 0.1) is 0 Å². The second-order valence-electron chi connectivity index (χ2n) is 6.09. The lowest BCUT2D eigenvalue weighted by Crippen LogP contribution is -2.49. The van der Waals surface area contributed by atoms with Crippen LogP contribution in [0.4, 0.5) is 0 Å². The molecule has 1 amide bonds. The molecule has 0 saturated carbocycles. The maximum atomic E-state index is 12.7. The zero-order chi connectivity index (χ0) is 17.7. The topological polar surface area (TPSA) is 56.8 Å². The zero-order valence-corrected chi connectivity index (χ0v) is 15.4. The SMILES string of the molecule is COc1ccc(CC(=O)NC2(c3cccs3)CCOCC2)cc1OC. The normalized spacial score (nSPS) is 16.2. The van der Waals surface area contributed by atoms with Crippen molar-refractivity contribution in [1.29, 1.82) is 0 Å². The van der Waals surface area contributed by atoms with Gasteiger partial charge in [0.2, 0.25) is 5.91 Å². The highest BCUT2D eigenvalue weighted by Gasteiger charge is 2.36. The van der Waals surface area contributed by atoms with Crippen LogP contribution in [0.1, 0.15) is 23.3 Å². The minimum atomic E-state index is -0.319. The highest BCUT2D eigenvalue weighted by Crippen LogP contribution is 2.35. The number of rotatable bonds is 6. The molecule has 1 aromatic carbocycles. The van der Waals surface area contributed by atoms with E-state index in [1.54, 1.807) is 25.6 Å². The van der Waals surface area contributed by atoms with Crippen molar-refractivity contribution in [1.82, 2.24) is 5.32 Å². The van der Waals surface area contributed by atoms with Crippen molar-refractivity contribution in [2.75, 3.05) is 27.4 Å². The zero-order valence-electron chi connectivity index (χ0n) is 14.5. The van der Waals surface area contributed by atoms with Crippen LogP contribution in [0.25, 0.3) is 0 Å². The van der Waals surface area contributed by atoms with E-state index in [1.807, 2.05) is 29.6 Å². The Balaban J connectivity index is 1.74. The number of carbonyl (C=O) groups is 1. The van der Waals surface area contributed by atoms with Gasteiger partial charge in [-0.1, -0.05) is 12.1 Å². The number of ether oxygens (including phenoxy) is 3. The van der Waals surface area contributed by atoms with E-state index in [1.165, 1.54) is 4.88 Å². The maximum absolute atomic E-state index is 12.7. The molecule has 1 aromatic heterocycles. The molecule has 0 unspecified atom stereocenters. The van der Waals surface area contributed by atoms with Crippen LogP contribution in [-0.4, -0.2) is 33.3 Å². The number of hydrogen-bond donors (Lipinski definition) is 1. The summed E-state index contributed by atoms with van der Waals surface area (Å²) in [6.07, 6.45) is 1.89. The molecule has 0 aliphatic carbocycles. The molecule has 1 saturated heterocycles. The fourth-order valence-corrected chi connectivity index (χ4v) is 4.13. The molecule has 1 N–H and O–H groups in total. The van der Waals surface area contributed by atoms with Gasteiger partial charge in [-0.25, -0.2) is 0 Å². The van der Waals surface area contributed by atoms with Crippen LogP contribution in [0.5, 0.6) is 11.5 Å². The molecular weight excluding hydrogens is 338 g/mol. The first-order valence-electron chi connectivity index (χ1n) is 8.30. The first kappa shape index (κ1) is 17.8. The maximum Gasteiger partial charge on any atom is 0.225 e. The average Bonchev–Trinajstić information content (AvgIpc) is 3.17. The molecule has 0 bridgehead atoms. The number of amides is 1. The Hall–Kier alpha value is -2.05. The van der Waals surface area contributed by atoms with Gasteiger partial charge in [-0.15, -0.1) is 11.3 Å². The van der Waals surface area contributed by atoms with E-state index >= 15 is 0 Å². The molecular formula is C19H23NO4S. The van der Waals surface area contributed by atoms with E-state index in [2.05, 4.69) is 11.4 Å². The predicted octanol–water partition coefficient (Wildman–Crippen LogP) is 3.13. The Morgan fingerprint density at radius 1 is 1.20 bits per heavy atom. The van der Waals surface area contributed by atoms with Gasteiger partial charge >= 0.3 is 0 Å². The Bertz CT molecular complexity index is 708. The molecule has 0 radical (unpaired) electrons. The Kier molecular flexibility index (Phi) is 5.60. The largest absolute Gasteiger partial charge is 0.493 e. The third-order valence-electron chi connectivity index (χ3n) is 4.53. The first-order valence-corrected chi connectivity index (χ1v) is 9.18. The van der Waals surface area contributed by atoms with Crippen molar-refractivity contribution in [3.05, 3.63) is 46.2 Å². The van der Waals surface area contributed by atoms with Crippen molar-refractivity contribution in [2.24, 2.45) is 0 Å². The van der Waals surface area contributed by atoms with Crippen LogP contribution in [-0.2, 0) is 21.5 Å². The Morgan fingerprint density at radius 2 is 1.96 bits per heavy atom. The second-order valence-corrected chi connectivity index (χ2v) is 7.03. The molecule has 0 spiro atoms. The molecule has 5 nitrogen and oxygen atoms in total. The van der Waals surface area contributed by atoms with Gasteiger partial charge in [0.15, 0.2) is 11.5 Å². The van der Waals surface area contributed by atoms with E-state index in [9.17, 15) is 4.79 Å². The lowest BCUT2D eigenvalue weighted by atomic mass is 9.88. The fraction of sp³-hybridized carbons (Fsp3) is 0.421. The van der Waals surface area contributed by atoms with Gasteiger partial charge in [0.05, 0.1) is 26.2 Å². The van der Waals surface area contributed by atoms with Gasteiger partial charge in [-0.05, 0) is 42.0 Å². The molecule has 6 heteroatoms. The van der Waals surface area contributed by atoms with Crippen molar-refractivity contribution in [3.8, 4) is 11.5 Å². The molecule has 25 heavy (non-hydrogen) atoms. The number of carbonyl (C=O) groups excluding carboxylic acids is 1. The number of thiophene rings is 1. The number of methoxy groups -OCH3 is 2. The average molecular weight is 361 g/mol. The minimum Gasteiger partial charge on any atom is -0.493 e. The standard InChI is InChI=1S/C19H23NO4S/c1-22-15-6-5-14(12-16(15)23-2)13-18(21)20-19(7-9-24-10-8-19)17-4-3-11-25-17/h3-6,11-12H,7-10,13H2,1-2H3,(H,20,21). The lowest BCUT2D eigenvalue weighted by Gasteiger charge is -2.37. The third-order valence-corrected chi connectivity index (χ3v) is 5.60. The molecule has 1 aliphatic rings. The minimum absolute atomic E-state index is 0.00233. The van der Waals surface area contributed by atoms with Gasteiger partial charge in [0, 0.05) is 18.1 Å². The summed E-state index contributed by atoms with van der Waals surface area (Å²) in [6, 6.07) is 9.68. The van der Waals surface area contributed by atoms with Crippen molar-refractivity contribution >= 4 is 17.2 Å². The summed E-state index contributed by atoms with van der Waals surface area (Å²) in [4.78, 5) is 13.9. The van der Waals surface area contributed by atoms with Crippen LogP contribution in [0.2, 0.25) is 0 Å². The fourth-order valence-electron chi connectivity index (χ4n) is 3.19. The molecule has 2 heterocycles. The summed E-state index contributed by atoms with van der Waals surface area (Å²) >= 11 is 1.68. The molecule has 0 atom stereocenters. The molecule has 134 valence electrons. The van der Waals surface area contributed by atoms with Gasteiger partial charge in [0.1, 0.15) is 0 Å². The number of benzene rings is 1. The smallest absolute Gasteiger partial charge is 0.225 e. The monoisotopic (exact) mass is 361 g/mol. The Labute approximate surface area is 151 Å². The van der Waals surface area contributed by atoms with E-state index < -0.39 is 0 Å². The van der Waals surface area contributed by atoms with Crippen LogP contribution in [0.15, 0.2) is 35.7 Å².